The van der Waals surface area contributed by atoms with Crippen molar-refractivity contribution in [3.63, 3.8) is 0 Å². The number of thiocarbonyl (C=S) groups is 1. The van der Waals surface area contributed by atoms with Crippen molar-refractivity contribution in [1.82, 2.24) is 16.2 Å². The Morgan fingerprint density at radius 1 is 1.17 bits per heavy atom. The average Bonchev–Trinajstić information content (AvgIpc) is 3.56. The Balaban J connectivity index is 1.96. The van der Waals surface area contributed by atoms with Gasteiger partial charge in [0.25, 0.3) is 0 Å². The molecule has 6 nitrogen and oxygen atoms in total. The summed E-state index contributed by atoms with van der Waals surface area (Å²) in [6.07, 6.45) is -3.33. The molecule has 0 spiro atoms. The summed E-state index contributed by atoms with van der Waals surface area (Å²) in [4.78, 5) is 0.424. The lowest BCUT2D eigenvalue weighted by Crippen LogP contribution is -2.36. The van der Waals surface area contributed by atoms with E-state index < -0.39 is 17.3 Å². The van der Waals surface area contributed by atoms with Gasteiger partial charge in [0, 0.05) is 29.1 Å². The smallest absolute Gasteiger partial charge is 0.402 e. The highest BCUT2D eigenvalue weighted by atomic mass is 32.1. The largest absolute Gasteiger partial charge is 0.416 e. The van der Waals surface area contributed by atoms with E-state index in [4.69, 9.17) is 28.6 Å². The first kappa shape index (κ1) is 26.3. The van der Waals surface area contributed by atoms with Gasteiger partial charge in [0.2, 0.25) is 0 Å². The number of nitrogens with two attached hydrogens (primary N) is 1. The second-order valence-corrected chi connectivity index (χ2v) is 8.95. The van der Waals surface area contributed by atoms with E-state index in [2.05, 4.69) is 16.2 Å². The van der Waals surface area contributed by atoms with Crippen LogP contribution in [0.5, 0.6) is 0 Å². The molecule has 3 rings (SSSR count). The van der Waals surface area contributed by atoms with E-state index in [0.29, 0.717) is 29.9 Å². The quantitative estimate of drug-likeness (QED) is 0.114. The van der Waals surface area contributed by atoms with Gasteiger partial charge in [0.05, 0.1) is 23.7 Å². The van der Waals surface area contributed by atoms with Gasteiger partial charge in [-0.15, -0.1) is 0 Å². The Bertz CT molecular complexity index is 1200. The maximum Gasteiger partial charge on any atom is 0.416 e. The van der Waals surface area contributed by atoms with Crippen molar-refractivity contribution in [1.29, 1.82) is 10.7 Å². The van der Waals surface area contributed by atoms with Crippen LogP contribution in [0.2, 0.25) is 0 Å². The number of rotatable bonds is 9. The molecule has 2 aromatic carbocycles. The molecular formula is C25H27F3N6S. The zero-order valence-corrected chi connectivity index (χ0v) is 20.3. The maximum absolute atomic E-state index is 13.8. The van der Waals surface area contributed by atoms with Crippen LogP contribution in [0, 0.1) is 16.7 Å². The van der Waals surface area contributed by atoms with E-state index >= 15 is 0 Å². The number of hydrogen-bond acceptors (Lipinski definition) is 6. The molecule has 184 valence electrons. The third-order valence-electron chi connectivity index (χ3n) is 5.81. The summed E-state index contributed by atoms with van der Waals surface area (Å²) in [6.45, 7) is 3.62. The summed E-state index contributed by atoms with van der Waals surface area (Å²) in [5, 5.41) is 20.0. The Morgan fingerprint density at radius 3 is 2.43 bits per heavy atom. The topological polar surface area (TPSA) is 110 Å². The van der Waals surface area contributed by atoms with Crippen molar-refractivity contribution < 1.29 is 13.2 Å². The predicted octanol–water partition coefficient (Wildman–Crippen LogP) is 4.51. The molecule has 0 radical (unpaired) electrons. The lowest BCUT2D eigenvalue weighted by Gasteiger charge is -2.24. The van der Waals surface area contributed by atoms with Crippen LogP contribution in [0.3, 0.4) is 0 Å². The van der Waals surface area contributed by atoms with E-state index in [0.717, 1.165) is 23.3 Å². The van der Waals surface area contributed by atoms with Crippen LogP contribution in [0.15, 0.2) is 48.2 Å². The fraction of sp³-hybridized carbons (Fsp3) is 0.320. The molecule has 1 aliphatic carbocycles. The predicted molar refractivity (Wildman–Crippen MR) is 134 cm³/mol. The van der Waals surface area contributed by atoms with Gasteiger partial charge in [-0.1, -0.05) is 36.5 Å². The minimum atomic E-state index is -4.56. The number of nitriles is 1. The van der Waals surface area contributed by atoms with E-state index in [1.165, 1.54) is 6.92 Å². The molecule has 2 aromatic rings. The van der Waals surface area contributed by atoms with Gasteiger partial charge in [-0.25, -0.2) is 5.43 Å². The molecule has 6 N–H and O–H groups in total. The van der Waals surface area contributed by atoms with Gasteiger partial charge in [-0.05, 0) is 61.6 Å². The normalized spacial score (nSPS) is 15.1. The summed E-state index contributed by atoms with van der Waals surface area (Å²) in [5.41, 5.74) is 13.1. The lowest BCUT2D eigenvalue weighted by molar-refractivity contribution is -0.137. The van der Waals surface area contributed by atoms with E-state index in [-0.39, 0.29) is 29.1 Å². The van der Waals surface area contributed by atoms with Gasteiger partial charge in [-0.3, -0.25) is 5.43 Å². The number of benzene rings is 2. The van der Waals surface area contributed by atoms with Crippen LogP contribution in [-0.4, -0.2) is 17.2 Å². The zero-order valence-electron chi connectivity index (χ0n) is 19.4. The fourth-order valence-corrected chi connectivity index (χ4v) is 4.40. The van der Waals surface area contributed by atoms with Crippen LogP contribution in [0.4, 0.5) is 13.2 Å². The number of hydrazine groups is 1. The third-order valence-corrected chi connectivity index (χ3v) is 6.13. The molecular weight excluding hydrogens is 473 g/mol. The summed E-state index contributed by atoms with van der Waals surface area (Å²) < 4.78 is 41.4. The van der Waals surface area contributed by atoms with Gasteiger partial charge in [-0.2, -0.15) is 18.4 Å². The highest BCUT2D eigenvalue weighted by molar-refractivity contribution is 7.80. The Labute approximate surface area is 207 Å². The van der Waals surface area contributed by atoms with E-state index in [9.17, 15) is 13.2 Å². The number of nitrogens with zero attached hydrogens (tertiary/aromatic N) is 1. The van der Waals surface area contributed by atoms with Gasteiger partial charge < -0.3 is 16.5 Å². The van der Waals surface area contributed by atoms with Crippen LogP contribution in [-0.2, 0) is 18.3 Å². The van der Waals surface area contributed by atoms with Gasteiger partial charge in [0.1, 0.15) is 4.99 Å². The minimum absolute atomic E-state index is 0.0926. The zero-order chi connectivity index (χ0) is 25.8. The standard InChI is InChI=1S/C25H27F3N6S/c1-15(30)22(16(2)31)18-11-19(13-20(12-18)25(26,27)28)24(7-8-24)34-23(35)21-6-4-3-5-17(21)14-33-32-10-9-29/h3-6,11-13,30,32-33H,7-8,10,14,31H2,1-2H3,(H,34,35)/b22-16+,30-15?. The molecule has 0 heterocycles. The molecule has 1 aliphatic rings. The molecule has 0 atom stereocenters. The van der Waals surface area contributed by atoms with Crippen LogP contribution < -0.4 is 21.9 Å². The molecule has 0 aliphatic heterocycles. The second-order valence-electron chi connectivity index (χ2n) is 8.54. The first-order chi connectivity index (χ1) is 16.5. The number of nitrogens with one attached hydrogen (secondary N) is 4. The molecule has 35 heavy (non-hydrogen) atoms. The number of alkyl halides is 3. The van der Waals surface area contributed by atoms with Crippen molar-refractivity contribution >= 4 is 28.5 Å². The molecule has 1 fully saturated rings. The average molecular weight is 501 g/mol. The molecule has 0 saturated heterocycles. The molecule has 1 saturated carbocycles. The van der Waals surface area contributed by atoms with Gasteiger partial charge in [0.15, 0.2) is 0 Å². The summed E-state index contributed by atoms with van der Waals surface area (Å²) in [6, 6.07) is 13.3. The molecule has 0 bridgehead atoms. The lowest BCUT2D eigenvalue weighted by atomic mass is 9.92. The Morgan fingerprint density at radius 2 is 1.86 bits per heavy atom. The van der Waals surface area contributed by atoms with E-state index in [1.54, 1.807) is 13.0 Å². The Hall–Kier alpha value is -3.26. The van der Waals surface area contributed by atoms with Crippen LogP contribution >= 0.6 is 12.2 Å². The number of allylic oxidation sites excluding steroid dienone is 2. The van der Waals surface area contributed by atoms with Gasteiger partial charge >= 0.3 is 6.18 Å². The first-order valence-corrected chi connectivity index (χ1v) is 11.4. The van der Waals surface area contributed by atoms with Crippen molar-refractivity contribution in [3.05, 3.63) is 76.0 Å². The van der Waals surface area contributed by atoms with Crippen LogP contribution in [0.25, 0.3) is 5.57 Å². The van der Waals surface area contributed by atoms with Crippen molar-refractivity contribution in [2.75, 3.05) is 6.54 Å². The number of hydrogen-bond donors (Lipinski definition) is 5. The number of halogens is 3. The monoisotopic (exact) mass is 500 g/mol. The molecule has 0 aromatic heterocycles. The SMILES string of the molecule is CC(=N)/C(=C(/C)N)c1cc(C(F)(F)F)cc(C2(NC(=S)c3ccccc3CNNCC#N)CC2)c1. The van der Waals surface area contributed by atoms with Crippen molar-refractivity contribution in [3.8, 4) is 6.07 Å². The van der Waals surface area contributed by atoms with Crippen molar-refractivity contribution in [2.45, 2.75) is 44.9 Å². The van der Waals surface area contributed by atoms with E-state index in [1.807, 2.05) is 30.3 Å². The summed E-state index contributed by atoms with van der Waals surface area (Å²) >= 11 is 5.67. The fourth-order valence-electron chi connectivity index (χ4n) is 4.00. The highest BCUT2D eigenvalue weighted by Gasteiger charge is 2.46. The maximum atomic E-state index is 13.8. The molecule has 0 amide bonds. The summed E-state index contributed by atoms with van der Waals surface area (Å²) in [7, 11) is 0. The molecule has 0 unspecified atom stereocenters. The summed E-state index contributed by atoms with van der Waals surface area (Å²) in [5.74, 6) is 0. The Kier molecular flexibility index (Phi) is 7.95. The first-order valence-electron chi connectivity index (χ1n) is 11.0. The highest BCUT2D eigenvalue weighted by Crippen LogP contribution is 2.48. The van der Waals surface area contributed by atoms with Crippen LogP contribution in [0.1, 0.15) is 54.5 Å². The van der Waals surface area contributed by atoms with Crippen molar-refractivity contribution in [2.24, 2.45) is 5.73 Å². The second kappa shape index (κ2) is 10.6. The minimum Gasteiger partial charge on any atom is -0.402 e. The molecule has 10 heteroatoms. The third kappa shape index (κ3) is 6.25.